The molecule has 1 N–H and O–H groups in total. The van der Waals surface area contributed by atoms with Crippen LogP contribution in [0.25, 0.3) is 0 Å². The van der Waals surface area contributed by atoms with Gasteiger partial charge in [-0.05, 0) is 37.6 Å². The molecule has 0 aliphatic heterocycles. The van der Waals surface area contributed by atoms with Crippen molar-refractivity contribution in [1.29, 1.82) is 0 Å². The summed E-state index contributed by atoms with van der Waals surface area (Å²) in [5.74, 6) is 1.61. The third-order valence-electron chi connectivity index (χ3n) is 2.41. The van der Waals surface area contributed by atoms with Crippen LogP contribution in [-0.4, -0.2) is 33.1 Å². The summed E-state index contributed by atoms with van der Waals surface area (Å²) in [5.41, 5.74) is 1.15. The van der Waals surface area contributed by atoms with Crippen LogP contribution in [-0.2, 0) is 11.2 Å². The molecule has 0 unspecified atom stereocenters. The Balaban J connectivity index is 2.51. The SMILES string of the molecule is COc1ccc(CCNCC(C)=O)cc1OC. The van der Waals surface area contributed by atoms with Gasteiger partial charge >= 0.3 is 0 Å². The van der Waals surface area contributed by atoms with Crippen molar-refractivity contribution >= 4 is 5.78 Å². The molecule has 0 saturated carbocycles. The number of ketones is 1. The predicted molar refractivity (Wildman–Crippen MR) is 66.8 cm³/mol. The van der Waals surface area contributed by atoms with Crippen LogP contribution in [0.5, 0.6) is 11.5 Å². The molecule has 0 aliphatic carbocycles. The Bertz CT molecular complexity index is 377. The first-order valence-corrected chi connectivity index (χ1v) is 5.58. The Labute approximate surface area is 102 Å². The highest BCUT2D eigenvalue weighted by Gasteiger charge is 2.04. The molecule has 0 aromatic heterocycles. The third-order valence-corrected chi connectivity index (χ3v) is 2.41. The minimum atomic E-state index is 0.150. The Kier molecular flexibility index (Phi) is 5.49. The number of carbonyl (C=O) groups excluding carboxylic acids is 1. The molecule has 0 fully saturated rings. The molecular formula is C13H19NO3. The van der Waals surface area contributed by atoms with Gasteiger partial charge in [-0.1, -0.05) is 6.07 Å². The number of carbonyl (C=O) groups is 1. The molecule has 0 spiro atoms. The van der Waals surface area contributed by atoms with Crippen molar-refractivity contribution in [3.63, 3.8) is 0 Å². The number of ether oxygens (including phenoxy) is 2. The number of hydrogen-bond acceptors (Lipinski definition) is 4. The molecule has 94 valence electrons. The Morgan fingerprint density at radius 3 is 2.53 bits per heavy atom. The summed E-state index contributed by atoms with van der Waals surface area (Å²) in [6.45, 7) is 2.77. The quantitative estimate of drug-likeness (QED) is 0.729. The number of hydrogen-bond donors (Lipinski definition) is 1. The van der Waals surface area contributed by atoms with Crippen LogP contribution in [0.4, 0.5) is 0 Å². The van der Waals surface area contributed by atoms with Crippen LogP contribution < -0.4 is 14.8 Å². The first-order chi connectivity index (χ1) is 8.17. The maximum Gasteiger partial charge on any atom is 0.160 e. The van der Waals surface area contributed by atoms with Gasteiger partial charge < -0.3 is 14.8 Å². The number of rotatable bonds is 7. The van der Waals surface area contributed by atoms with Crippen molar-refractivity contribution in [2.24, 2.45) is 0 Å². The van der Waals surface area contributed by atoms with Crippen LogP contribution in [0.1, 0.15) is 12.5 Å². The highest BCUT2D eigenvalue weighted by atomic mass is 16.5. The number of nitrogens with one attached hydrogen (secondary N) is 1. The fraction of sp³-hybridized carbons (Fsp3) is 0.462. The summed E-state index contributed by atoms with van der Waals surface area (Å²) in [5, 5.41) is 3.08. The lowest BCUT2D eigenvalue weighted by Crippen LogP contribution is -2.23. The highest BCUT2D eigenvalue weighted by Crippen LogP contribution is 2.27. The summed E-state index contributed by atoms with van der Waals surface area (Å²) >= 11 is 0. The zero-order valence-corrected chi connectivity index (χ0v) is 10.6. The van der Waals surface area contributed by atoms with Crippen molar-refractivity contribution in [1.82, 2.24) is 5.32 Å². The lowest BCUT2D eigenvalue weighted by molar-refractivity contribution is -0.116. The minimum Gasteiger partial charge on any atom is -0.493 e. The smallest absolute Gasteiger partial charge is 0.160 e. The average Bonchev–Trinajstić information content (AvgIpc) is 2.34. The maximum absolute atomic E-state index is 10.7. The number of methoxy groups -OCH3 is 2. The van der Waals surface area contributed by atoms with E-state index in [0.29, 0.717) is 6.54 Å². The standard InChI is InChI=1S/C13H19NO3/c1-10(15)9-14-7-6-11-4-5-12(16-2)13(8-11)17-3/h4-5,8,14H,6-7,9H2,1-3H3. The van der Waals surface area contributed by atoms with Crippen molar-refractivity contribution < 1.29 is 14.3 Å². The third kappa shape index (κ3) is 4.44. The summed E-state index contributed by atoms with van der Waals surface area (Å²) in [6.07, 6.45) is 0.855. The molecule has 0 heterocycles. The van der Waals surface area contributed by atoms with E-state index in [1.165, 1.54) is 0 Å². The van der Waals surface area contributed by atoms with Crippen molar-refractivity contribution in [2.75, 3.05) is 27.3 Å². The second-order valence-electron chi connectivity index (χ2n) is 3.82. The van der Waals surface area contributed by atoms with Gasteiger partial charge in [0, 0.05) is 0 Å². The molecule has 1 aromatic carbocycles. The molecule has 0 aliphatic rings. The van der Waals surface area contributed by atoms with E-state index in [1.807, 2.05) is 18.2 Å². The highest BCUT2D eigenvalue weighted by molar-refractivity contribution is 5.77. The average molecular weight is 237 g/mol. The Hall–Kier alpha value is -1.55. The van der Waals surface area contributed by atoms with E-state index in [2.05, 4.69) is 5.32 Å². The van der Waals surface area contributed by atoms with Gasteiger partial charge in [0.1, 0.15) is 5.78 Å². The molecule has 0 bridgehead atoms. The van der Waals surface area contributed by atoms with Gasteiger partial charge in [-0.15, -0.1) is 0 Å². The van der Waals surface area contributed by atoms with E-state index in [0.717, 1.165) is 30.0 Å². The summed E-state index contributed by atoms with van der Waals surface area (Å²) < 4.78 is 10.4. The molecular weight excluding hydrogens is 218 g/mol. The van der Waals surface area contributed by atoms with E-state index in [9.17, 15) is 4.79 Å². The monoisotopic (exact) mass is 237 g/mol. The normalized spacial score (nSPS) is 10.1. The fourth-order valence-corrected chi connectivity index (χ4v) is 1.53. The second kappa shape index (κ2) is 6.91. The van der Waals surface area contributed by atoms with Crippen molar-refractivity contribution in [3.05, 3.63) is 23.8 Å². The second-order valence-corrected chi connectivity index (χ2v) is 3.82. The summed E-state index contributed by atoms with van der Waals surface area (Å²) in [4.78, 5) is 10.7. The lowest BCUT2D eigenvalue weighted by atomic mass is 10.1. The van der Waals surface area contributed by atoms with Gasteiger partial charge in [-0.25, -0.2) is 0 Å². The van der Waals surface area contributed by atoms with Crippen LogP contribution in [0, 0.1) is 0 Å². The van der Waals surface area contributed by atoms with Gasteiger partial charge in [0.25, 0.3) is 0 Å². The largest absolute Gasteiger partial charge is 0.493 e. The topological polar surface area (TPSA) is 47.6 Å². The molecule has 1 rings (SSSR count). The Morgan fingerprint density at radius 2 is 1.94 bits per heavy atom. The van der Waals surface area contributed by atoms with Crippen molar-refractivity contribution in [3.8, 4) is 11.5 Å². The van der Waals surface area contributed by atoms with Gasteiger partial charge in [-0.3, -0.25) is 4.79 Å². The van der Waals surface area contributed by atoms with Gasteiger partial charge in [0.2, 0.25) is 0 Å². The van der Waals surface area contributed by atoms with Gasteiger partial charge in [-0.2, -0.15) is 0 Å². The van der Waals surface area contributed by atoms with E-state index < -0.39 is 0 Å². The molecule has 0 atom stereocenters. The van der Waals surface area contributed by atoms with E-state index in [1.54, 1.807) is 21.1 Å². The molecule has 4 nitrogen and oxygen atoms in total. The van der Waals surface area contributed by atoms with Gasteiger partial charge in [0.15, 0.2) is 11.5 Å². The molecule has 1 aromatic rings. The van der Waals surface area contributed by atoms with Crippen LogP contribution in [0.3, 0.4) is 0 Å². The zero-order chi connectivity index (χ0) is 12.7. The summed E-state index contributed by atoms with van der Waals surface area (Å²) in [6, 6.07) is 5.84. The lowest BCUT2D eigenvalue weighted by Gasteiger charge is -2.09. The zero-order valence-electron chi connectivity index (χ0n) is 10.6. The van der Waals surface area contributed by atoms with Crippen LogP contribution in [0.2, 0.25) is 0 Å². The van der Waals surface area contributed by atoms with Crippen LogP contribution >= 0.6 is 0 Å². The fourth-order valence-electron chi connectivity index (χ4n) is 1.53. The maximum atomic E-state index is 10.7. The van der Waals surface area contributed by atoms with E-state index in [4.69, 9.17) is 9.47 Å². The Morgan fingerprint density at radius 1 is 1.24 bits per heavy atom. The van der Waals surface area contributed by atoms with Crippen molar-refractivity contribution in [2.45, 2.75) is 13.3 Å². The molecule has 0 radical (unpaired) electrons. The van der Waals surface area contributed by atoms with Gasteiger partial charge in [0.05, 0.1) is 20.8 Å². The molecule has 17 heavy (non-hydrogen) atoms. The number of Topliss-reactive ketones (excluding diaryl/α,β-unsaturated/α-hetero) is 1. The molecule has 0 saturated heterocycles. The predicted octanol–water partition coefficient (Wildman–Crippen LogP) is 1.42. The number of benzene rings is 1. The van der Waals surface area contributed by atoms with E-state index in [-0.39, 0.29) is 5.78 Å². The van der Waals surface area contributed by atoms with E-state index >= 15 is 0 Å². The minimum absolute atomic E-state index is 0.150. The molecule has 0 amide bonds. The first kappa shape index (κ1) is 13.5. The molecule has 4 heteroatoms. The first-order valence-electron chi connectivity index (χ1n) is 5.58. The summed E-state index contributed by atoms with van der Waals surface area (Å²) in [7, 11) is 3.24. The van der Waals surface area contributed by atoms with Crippen LogP contribution in [0.15, 0.2) is 18.2 Å².